The fraction of sp³-hybridized carbons (Fsp3) is 0. The molecule has 0 amide bonds. The van der Waals surface area contributed by atoms with Gasteiger partial charge in [0, 0.05) is 17.1 Å². The van der Waals surface area contributed by atoms with E-state index >= 15 is 0 Å². The molecule has 18 heavy (non-hydrogen) atoms. The number of aromatic amines is 1. The zero-order chi connectivity index (χ0) is 11.9. The molecule has 3 heteroatoms. The van der Waals surface area contributed by atoms with Gasteiger partial charge >= 0.3 is 0 Å². The molecular weight excluding hydrogens is 240 g/mol. The molecule has 0 aliphatic carbocycles. The van der Waals surface area contributed by atoms with E-state index in [0.29, 0.717) is 0 Å². The van der Waals surface area contributed by atoms with Gasteiger partial charge in [-0.2, -0.15) is 0 Å². The Morgan fingerprint density at radius 1 is 1.06 bits per heavy atom. The van der Waals surface area contributed by atoms with Crippen LogP contribution in [0.2, 0.25) is 0 Å². The van der Waals surface area contributed by atoms with Gasteiger partial charge in [-0.25, -0.2) is 4.98 Å². The number of H-pyrrole nitrogens is 1. The number of thiazole rings is 1. The standard InChI is InChI=1S/C15H10N2S/c1-2-11(12-6-7-16-13(12)3-1)10-4-5-14-15(8-10)18-9-17-14/h1-9,16H. The molecule has 2 heterocycles. The molecule has 1 N–H and O–H groups in total. The Morgan fingerprint density at radius 3 is 3.06 bits per heavy atom. The summed E-state index contributed by atoms with van der Waals surface area (Å²) < 4.78 is 1.24. The Hall–Kier alpha value is -2.13. The number of hydrogen-bond acceptors (Lipinski definition) is 2. The van der Waals surface area contributed by atoms with Gasteiger partial charge in [0.15, 0.2) is 0 Å². The van der Waals surface area contributed by atoms with E-state index in [4.69, 9.17) is 0 Å². The van der Waals surface area contributed by atoms with Crippen molar-refractivity contribution in [2.45, 2.75) is 0 Å². The first-order valence-corrected chi connectivity index (χ1v) is 6.69. The van der Waals surface area contributed by atoms with E-state index in [2.05, 4.69) is 52.4 Å². The van der Waals surface area contributed by atoms with Crippen LogP contribution in [0.5, 0.6) is 0 Å². The summed E-state index contributed by atoms with van der Waals surface area (Å²) in [5.41, 5.74) is 6.66. The first-order chi connectivity index (χ1) is 8.92. The lowest BCUT2D eigenvalue weighted by molar-refractivity contribution is 1.48. The maximum Gasteiger partial charge on any atom is 0.0812 e. The topological polar surface area (TPSA) is 28.7 Å². The molecule has 0 saturated heterocycles. The van der Waals surface area contributed by atoms with Gasteiger partial charge in [0.25, 0.3) is 0 Å². The smallest absolute Gasteiger partial charge is 0.0812 e. The number of nitrogens with one attached hydrogen (secondary N) is 1. The van der Waals surface area contributed by atoms with Gasteiger partial charge in [0.1, 0.15) is 0 Å². The molecule has 0 radical (unpaired) electrons. The molecule has 0 saturated carbocycles. The highest BCUT2D eigenvalue weighted by Gasteiger charge is 2.05. The van der Waals surface area contributed by atoms with Crippen LogP contribution in [0.4, 0.5) is 0 Å². The van der Waals surface area contributed by atoms with Crippen molar-refractivity contribution in [3.05, 3.63) is 54.2 Å². The van der Waals surface area contributed by atoms with E-state index in [-0.39, 0.29) is 0 Å². The first kappa shape index (κ1) is 9.85. The summed E-state index contributed by atoms with van der Waals surface area (Å²) in [7, 11) is 0. The molecule has 0 spiro atoms. The third-order valence-electron chi connectivity index (χ3n) is 3.24. The van der Waals surface area contributed by atoms with Gasteiger partial charge in [0.2, 0.25) is 0 Å². The highest BCUT2D eigenvalue weighted by Crippen LogP contribution is 2.31. The van der Waals surface area contributed by atoms with Crippen molar-refractivity contribution in [3.63, 3.8) is 0 Å². The largest absolute Gasteiger partial charge is 0.361 e. The second kappa shape index (κ2) is 3.68. The molecule has 0 aliphatic heterocycles. The Balaban J connectivity index is 2.03. The summed E-state index contributed by atoms with van der Waals surface area (Å²) in [4.78, 5) is 7.57. The minimum Gasteiger partial charge on any atom is -0.361 e. The lowest BCUT2D eigenvalue weighted by atomic mass is 10.0. The average molecular weight is 250 g/mol. The molecule has 0 aliphatic rings. The van der Waals surface area contributed by atoms with Crippen molar-refractivity contribution in [2.75, 3.05) is 0 Å². The van der Waals surface area contributed by atoms with Gasteiger partial charge < -0.3 is 4.98 Å². The zero-order valence-electron chi connectivity index (χ0n) is 9.55. The fourth-order valence-electron chi connectivity index (χ4n) is 2.36. The van der Waals surface area contributed by atoms with Crippen LogP contribution in [0.1, 0.15) is 0 Å². The minimum absolute atomic E-state index is 1.07. The van der Waals surface area contributed by atoms with Crippen LogP contribution in [0, 0.1) is 0 Å². The predicted octanol–water partition coefficient (Wildman–Crippen LogP) is 4.44. The number of fused-ring (bicyclic) bond motifs is 2. The second-order valence-electron chi connectivity index (χ2n) is 4.28. The number of benzene rings is 2. The van der Waals surface area contributed by atoms with Gasteiger partial charge in [0.05, 0.1) is 15.7 Å². The molecular formula is C15H10N2S. The summed E-state index contributed by atoms with van der Waals surface area (Å²) in [6.07, 6.45) is 1.99. The molecule has 0 bridgehead atoms. The summed E-state index contributed by atoms with van der Waals surface area (Å²) >= 11 is 1.68. The molecule has 86 valence electrons. The Bertz CT molecular complexity index is 842. The normalized spacial score (nSPS) is 11.3. The van der Waals surface area contributed by atoms with Crippen LogP contribution in [-0.4, -0.2) is 9.97 Å². The Kier molecular flexibility index (Phi) is 2.02. The van der Waals surface area contributed by atoms with Crippen LogP contribution < -0.4 is 0 Å². The number of aromatic nitrogens is 2. The van der Waals surface area contributed by atoms with Crippen molar-refractivity contribution < 1.29 is 0 Å². The lowest BCUT2D eigenvalue weighted by Crippen LogP contribution is -1.79. The molecule has 4 rings (SSSR count). The van der Waals surface area contributed by atoms with Crippen LogP contribution in [0.3, 0.4) is 0 Å². The van der Waals surface area contributed by atoms with Crippen molar-refractivity contribution in [1.29, 1.82) is 0 Å². The van der Waals surface area contributed by atoms with E-state index in [1.165, 1.54) is 26.7 Å². The third kappa shape index (κ3) is 1.38. The molecule has 2 aromatic heterocycles. The maximum atomic E-state index is 4.32. The quantitative estimate of drug-likeness (QED) is 0.531. The van der Waals surface area contributed by atoms with Crippen LogP contribution in [-0.2, 0) is 0 Å². The predicted molar refractivity (Wildman–Crippen MR) is 76.9 cm³/mol. The van der Waals surface area contributed by atoms with Crippen molar-refractivity contribution >= 4 is 32.5 Å². The van der Waals surface area contributed by atoms with Crippen molar-refractivity contribution in [3.8, 4) is 11.1 Å². The molecule has 2 aromatic carbocycles. The first-order valence-electron chi connectivity index (χ1n) is 5.81. The van der Waals surface area contributed by atoms with Gasteiger partial charge in [-0.1, -0.05) is 18.2 Å². The van der Waals surface area contributed by atoms with Crippen molar-refractivity contribution in [2.24, 2.45) is 0 Å². The molecule has 0 unspecified atom stereocenters. The highest BCUT2D eigenvalue weighted by molar-refractivity contribution is 7.16. The van der Waals surface area contributed by atoms with E-state index in [0.717, 1.165) is 5.52 Å². The summed E-state index contributed by atoms with van der Waals surface area (Å²) in [6.45, 7) is 0. The third-order valence-corrected chi connectivity index (χ3v) is 4.03. The second-order valence-corrected chi connectivity index (χ2v) is 5.17. The Morgan fingerprint density at radius 2 is 2.06 bits per heavy atom. The monoisotopic (exact) mass is 250 g/mol. The summed E-state index contributed by atoms with van der Waals surface area (Å²) in [6, 6.07) is 14.9. The van der Waals surface area contributed by atoms with E-state index in [1.807, 2.05) is 11.7 Å². The van der Waals surface area contributed by atoms with Crippen LogP contribution in [0.25, 0.3) is 32.2 Å². The van der Waals surface area contributed by atoms with Gasteiger partial charge in [-0.3, -0.25) is 0 Å². The summed E-state index contributed by atoms with van der Waals surface area (Å²) in [5, 5.41) is 1.27. The van der Waals surface area contributed by atoms with Gasteiger partial charge in [-0.15, -0.1) is 11.3 Å². The zero-order valence-corrected chi connectivity index (χ0v) is 10.4. The lowest BCUT2D eigenvalue weighted by Gasteiger charge is -2.03. The molecule has 0 fully saturated rings. The number of hydrogen-bond donors (Lipinski definition) is 1. The van der Waals surface area contributed by atoms with E-state index in [9.17, 15) is 0 Å². The molecule has 0 atom stereocenters. The molecule has 4 aromatic rings. The highest BCUT2D eigenvalue weighted by atomic mass is 32.1. The SMILES string of the molecule is c1cc(-c2ccc3ncsc3c2)c2cc[nH]c2c1. The maximum absolute atomic E-state index is 4.32. The summed E-state index contributed by atoms with van der Waals surface area (Å²) in [5.74, 6) is 0. The number of nitrogens with zero attached hydrogens (tertiary/aromatic N) is 1. The minimum atomic E-state index is 1.07. The average Bonchev–Trinajstić information content (AvgIpc) is 3.05. The van der Waals surface area contributed by atoms with Crippen LogP contribution in [0.15, 0.2) is 54.2 Å². The molecule has 2 nitrogen and oxygen atoms in total. The van der Waals surface area contributed by atoms with E-state index < -0.39 is 0 Å². The number of rotatable bonds is 1. The van der Waals surface area contributed by atoms with E-state index in [1.54, 1.807) is 11.3 Å². The van der Waals surface area contributed by atoms with Gasteiger partial charge in [-0.05, 0) is 35.4 Å². The fourth-order valence-corrected chi connectivity index (χ4v) is 3.08. The Labute approximate surface area is 108 Å². The van der Waals surface area contributed by atoms with Crippen molar-refractivity contribution in [1.82, 2.24) is 9.97 Å². The van der Waals surface area contributed by atoms with Crippen LogP contribution >= 0.6 is 11.3 Å².